The molecule has 0 radical (unpaired) electrons. The van der Waals surface area contributed by atoms with Crippen LogP contribution in [0.4, 0.5) is 4.39 Å². The number of nitrogens with one attached hydrogen (secondary N) is 2. The van der Waals surface area contributed by atoms with Crippen molar-refractivity contribution in [3.8, 4) is 5.75 Å². The van der Waals surface area contributed by atoms with Gasteiger partial charge in [0.05, 0.1) is 19.1 Å². The molecule has 5 nitrogen and oxygen atoms in total. The maximum absolute atomic E-state index is 13.2. The summed E-state index contributed by atoms with van der Waals surface area (Å²) in [4.78, 5) is 15.2. The fourth-order valence-electron chi connectivity index (χ4n) is 2.83. The van der Waals surface area contributed by atoms with Gasteiger partial charge >= 0.3 is 0 Å². The standard InChI is InChI=1S/C19H19FN2O3/c20-14-3-6-17-13(10-21-18(17)9-14)8-19(25)22-15(11-23)7-12-1-4-16(24)5-2-12/h1-6,9-10,15,21,23-24H,7-8,11H2,(H,22,25)/t15-/m0/s1. The summed E-state index contributed by atoms with van der Waals surface area (Å²) in [7, 11) is 0. The summed E-state index contributed by atoms with van der Waals surface area (Å²) in [5.41, 5.74) is 2.32. The van der Waals surface area contributed by atoms with Crippen molar-refractivity contribution >= 4 is 16.8 Å². The number of benzene rings is 2. The van der Waals surface area contributed by atoms with Crippen molar-refractivity contribution in [2.45, 2.75) is 18.9 Å². The molecule has 0 aliphatic heterocycles. The molecule has 130 valence electrons. The van der Waals surface area contributed by atoms with Crippen LogP contribution in [-0.2, 0) is 17.6 Å². The predicted molar refractivity (Wildman–Crippen MR) is 92.8 cm³/mol. The van der Waals surface area contributed by atoms with Crippen molar-refractivity contribution in [2.75, 3.05) is 6.61 Å². The Bertz CT molecular complexity index is 874. The van der Waals surface area contributed by atoms with E-state index in [9.17, 15) is 19.4 Å². The number of aliphatic hydroxyl groups is 1. The quantitative estimate of drug-likeness (QED) is 0.554. The number of phenols is 1. The molecule has 0 aliphatic rings. The van der Waals surface area contributed by atoms with Crippen LogP contribution in [0.15, 0.2) is 48.7 Å². The van der Waals surface area contributed by atoms with Gasteiger partial charge in [0.15, 0.2) is 0 Å². The summed E-state index contributed by atoms with van der Waals surface area (Å²) >= 11 is 0. The lowest BCUT2D eigenvalue weighted by Gasteiger charge is -2.16. The van der Waals surface area contributed by atoms with Crippen LogP contribution in [0.3, 0.4) is 0 Å². The molecule has 0 aliphatic carbocycles. The molecule has 0 bridgehead atoms. The minimum absolute atomic E-state index is 0.137. The van der Waals surface area contributed by atoms with Gasteiger partial charge in [-0.05, 0) is 47.9 Å². The monoisotopic (exact) mass is 342 g/mol. The van der Waals surface area contributed by atoms with Gasteiger partial charge in [-0.15, -0.1) is 0 Å². The fourth-order valence-corrected chi connectivity index (χ4v) is 2.83. The second kappa shape index (κ2) is 7.36. The number of hydrogen-bond acceptors (Lipinski definition) is 3. The smallest absolute Gasteiger partial charge is 0.224 e. The number of fused-ring (bicyclic) bond motifs is 1. The van der Waals surface area contributed by atoms with Crippen molar-refractivity contribution in [3.63, 3.8) is 0 Å². The van der Waals surface area contributed by atoms with Gasteiger partial charge in [0.25, 0.3) is 0 Å². The van der Waals surface area contributed by atoms with Gasteiger partial charge < -0.3 is 20.5 Å². The number of rotatable bonds is 6. The van der Waals surface area contributed by atoms with Crippen molar-refractivity contribution in [1.82, 2.24) is 10.3 Å². The SMILES string of the molecule is O=C(Cc1c[nH]c2cc(F)ccc12)N[C@H](CO)Cc1ccc(O)cc1. The third kappa shape index (κ3) is 4.16. The van der Waals surface area contributed by atoms with Crippen LogP contribution >= 0.6 is 0 Å². The molecule has 1 atom stereocenters. The van der Waals surface area contributed by atoms with Crippen LogP contribution in [0.5, 0.6) is 5.75 Å². The Morgan fingerprint density at radius 2 is 1.96 bits per heavy atom. The van der Waals surface area contributed by atoms with E-state index in [1.807, 2.05) is 0 Å². The maximum Gasteiger partial charge on any atom is 0.224 e. The number of aromatic hydroxyl groups is 1. The summed E-state index contributed by atoms with van der Waals surface area (Å²) in [5, 5.41) is 22.4. The number of halogens is 1. The van der Waals surface area contributed by atoms with Crippen LogP contribution in [0.1, 0.15) is 11.1 Å². The first-order chi connectivity index (χ1) is 12.0. The first kappa shape index (κ1) is 17.0. The van der Waals surface area contributed by atoms with E-state index in [1.165, 1.54) is 12.1 Å². The van der Waals surface area contributed by atoms with Crippen LogP contribution in [0.2, 0.25) is 0 Å². The fraction of sp³-hybridized carbons (Fsp3) is 0.211. The number of carbonyl (C=O) groups excluding carboxylic acids is 1. The lowest BCUT2D eigenvalue weighted by molar-refractivity contribution is -0.121. The summed E-state index contributed by atoms with van der Waals surface area (Å²) < 4.78 is 13.2. The molecule has 1 heterocycles. The van der Waals surface area contributed by atoms with Crippen LogP contribution in [-0.4, -0.2) is 33.8 Å². The Morgan fingerprint density at radius 1 is 1.20 bits per heavy atom. The lowest BCUT2D eigenvalue weighted by atomic mass is 10.1. The number of H-pyrrole nitrogens is 1. The summed E-state index contributed by atoms with van der Waals surface area (Å²) in [6.45, 7) is -0.189. The van der Waals surface area contributed by atoms with Crippen LogP contribution in [0, 0.1) is 5.82 Å². The number of phenolic OH excluding ortho intramolecular Hbond substituents is 1. The van der Waals surface area contributed by atoms with Gasteiger partial charge in [-0.2, -0.15) is 0 Å². The van der Waals surface area contributed by atoms with E-state index in [-0.39, 0.29) is 30.5 Å². The molecule has 1 aromatic heterocycles. The van der Waals surface area contributed by atoms with Gasteiger partial charge in [0.2, 0.25) is 5.91 Å². The molecule has 0 saturated carbocycles. The molecule has 0 fully saturated rings. The third-order valence-corrected chi connectivity index (χ3v) is 4.08. The van der Waals surface area contributed by atoms with E-state index in [0.29, 0.717) is 11.9 Å². The number of carbonyl (C=O) groups is 1. The van der Waals surface area contributed by atoms with Gasteiger partial charge in [0, 0.05) is 17.1 Å². The first-order valence-electron chi connectivity index (χ1n) is 7.99. The van der Waals surface area contributed by atoms with E-state index in [1.54, 1.807) is 36.5 Å². The van der Waals surface area contributed by atoms with Gasteiger partial charge in [-0.3, -0.25) is 4.79 Å². The van der Waals surface area contributed by atoms with E-state index >= 15 is 0 Å². The number of amides is 1. The minimum atomic E-state index is -0.417. The molecule has 2 aromatic carbocycles. The Morgan fingerprint density at radius 3 is 2.68 bits per heavy atom. The van der Waals surface area contributed by atoms with Crippen molar-refractivity contribution in [1.29, 1.82) is 0 Å². The zero-order chi connectivity index (χ0) is 17.8. The van der Waals surface area contributed by atoms with Crippen molar-refractivity contribution in [3.05, 3.63) is 65.6 Å². The van der Waals surface area contributed by atoms with Gasteiger partial charge in [-0.1, -0.05) is 12.1 Å². The summed E-state index contributed by atoms with van der Waals surface area (Å²) in [5.74, 6) is -0.383. The maximum atomic E-state index is 13.2. The Balaban J connectivity index is 1.64. The highest BCUT2D eigenvalue weighted by Gasteiger charge is 2.14. The molecule has 25 heavy (non-hydrogen) atoms. The highest BCUT2D eigenvalue weighted by atomic mass is 19.1. The van der Waals surface area contributed by atoms with E-state index in [4.69, 9.17) is 0 Å². The predicted octanol–water partition coefficient (Wildman–Crippen LogP) is 2.27. The zero-order valence-corrected chi connectivity index (χ0v) is 13.5. The molecular weight excluding hydrogens is 323 g/mol. The summed E-state index contributed by atoms with van der Waals surface area (Å²) in [6, 6.07) is 10.6. The van der Waals surface area contributed by atoms with Crippen molar-refractivity contribution < 1.29 is 19.4 Å². The van der Waals surface area contributed by atoms with E-state index < -0.39 is 6.04 Å². The molecule has 0 spiro atoms. The number of aromatic nitrogens is 1. The second-order valence-corrected chi connectivity index (χ2v) is 6.00. The molecule has 4 N–H and O–H groups in total. The van der Waals surface area contributed by atoms with Gasteiger partial charge in [0.1, 0.15) is 11.6 Å². The Hall–Kier alpha value is -2.86. The van der Waals surface area contributed by atoms with Crippen LogP contribution in [0.25, 0.3) is 10.9 Å². The molecule has 0 unspecified atom stereocenters. The average molecular weight is 342 g/mol. The minimum Gasteiger partial charge on any atom is -0.508 e. The highest BCUT2D eigenvalue weighted by molar-refractivity contribution is 5.89. The van der Waals surface area contributed by atoms with Crippen molar-refractivity contribution in [2.24, 2.45) is 0 Å². The normalized spacial score (nSPS) is 12.2. The molecular formula is C19H19FN2O3. The van der Waals surface area contributed by atoms with Crippen LogP contribution < -0.4 is 5.32 Å². The Labute approximate surface area is 144 Å². The summed E-state index contributed by atoms with van der Waals surface area (Å²) in [6.07, 6.45) is 2.29. The Kier molecular flexibility index (Phi) is 5.00. The van der Waals surface area contributed by atoms with E-state index in [2.05, 4.69) is 10.3 Å². The molecule has 0 saturated heterocycles. The highest BCUT2D eigenvalue weighted by Crippen LogP contribution is 2.19. The number of aromatic amines is 1. The first-order valence-corrected chi connectivity index (χ1v) is 7.99. The van der Waals surface area contributed by atoms with Gasteiger partial charge in [-0.25, -0.2) is 4.39 Å². The second-order valence-electron chi connectivity index (χ2n) is 6.00. The van der Waals surface area contributed by atoms with E-state index in [0.717, 1.165) is 16.5 Å². The molecule has 3 aromatic rings. The molecule has 6 heteroatoms. The zero-order valence-electron chi connectivity index (χ0n) is 13.5. The average Bonchev–Trinajstić information content (AvgIpc) is 2.98. The topological polar surface area (TPSA) is 85.4 Å². The molecule has 1 amide bonds. The largest absolute Gasteiger partial charge is 0.508 e. The number of aliphatic hydroxyl groups excluding tert-OH is 1. The number of hydrogen-bond donors (Lipinski definition) is 4. The third-order valence-electron chi connectivity index (χ3n) is 4.08. The molecule has 3 rings (SSSR count). The lowest BCUT2D eigenvalue weighted by Crippen LogP contribution is -2.39.